The van der Waals surface area contributed by atoms with Crippen LogP contribution >= 0.6 is 11.3 Å². The molecule has 0 saturated heterocycles. The second-order valence-electron chi connectivity index (χ2n) is 12.4. The van der Waals surface area contributed by atoms with Crippen molar-refractivity contribution < 1.29 is 4.42 Å². The second-order valence-corrected chi connectivity index (χ2v) is 13.5. The first kappa shape index (κ1) is 28.6. The Labute approximate surface area is 292 Å². The van der Waals surface area contributed by atoms with E-state index < -0.39 is 0 Å². The third-order valence-electron chi connectivity index (χ3n) is 9.36. The van der Waals surface area contributed by atoms with Crippen LogP contribution in [0.1, 0.15) is 0 Å². The van der Waals surface area contributed by atoms with Gasteiger partial charge in [-0.2, -0.15) is 0 Å². The maximum Gasteiger partial charge on any atom is 0.164 e. The van der Waals surface area contributed by atoms with Gasteiger partial charge in [-0.15, -0.1) is 11.3 Å². The lowest BCUT2D eigenvalue weighted by Crippen LogP contribution is -2.00. The molecule has 0 spiro atoms. The molecule has 0 bridgehead atoms. The summed E-state index contributed by atoms with van der Waals surface area (Å²) < 4.78 is 9.06. The average Bonchev–Trinajstić information content (AvgIpc) is 3.76. The van der Waals surface area contributed by atoms with Gasteiger partial charge < -0.3 is 4.42 Å². The number of rotatable bonds is 5. The molecule has 0 saturated carbocycles. The first-order valence-corrected chi connectivity index (χ1v) is 17.4. The van der Waals surface area contributed by atoms with Crippen molar-refractivity contribution in [1.29, 1.82) is 0 Å². The van der Waals surface area contributed by atoms with E-state index in [1.807, 2.05) is 47.7 Å². The van der Waals surface area contributed by atoms with E-state index in [1.165, 1.54) is 36.9 Å². The summed E-state index contributed by atoms with van der Waals surface area (Å²) in [4.78, 5) is 14.9. The van der Waals surface area contributed by atoms with Crippen molar-refractivity contribution in [3.8, 4) is 56.4 Å². The molecule has 0 radical (unpaired) electrons. The van der Waals surface area contributed by atoms with E-state index in [9.17, 15) is 0 Å². The highest BCUT2D eigenvalue weighted by Gasteiger charge is 2.17. The van der Waals surface area contributed by atoms with Crippen molar-refractivity contribution in [1.82, 2.24) is 15.0 Å². The summed E-state index contributed by atoms with van der Waals surface area (Å²) in [6.45, 7) is 0. The summed E-state index contributed by atoms with van der Waals surface area (Å²) in [5, 5.41) is 4.74. The molecule has 0 amide bonds. The standard InChI is InChI=1S/C45H27N3OS/c1-3-10-28(11-4-1)29-18-20-31(21-19-29)44-46-43(30-12-5-2-6-13-30)47-45(48-44)33-22-24-35-37-26-32(23-25-38(37)49-39(35)27-33)34-15-9-17-41-42(34)36-14-7-8-16-40(36)50-41/h1-27H. The van der Waals surface area contributed by atoms with Crippen LogP contribution in [0.4, 0.5) is 0 Å². The zero-order valence-corrected chi connectivity index (χ0v) is 27.6. The Morgan fingerprint density at radius 2 is 0.940 bits per heavy atom. The van der Waals surface area contributed by atoms with Crippen LogP contribution in [0.5, 0.6) is 0 Å². The maximum atomic E-state index is 6.46. The fourth-order valence-corrected chi connectivity index (χ4v) is 8.02. The van der Waals surface area contributed by atoms with Gasteiger partial charge in [-0.3, -0.25) is 0 Å². The highest BCUT2D eigenvalue weighted by Crippen LogP contribution is 2.42. The van der Waals surface area contributed by atoms with Gasteiger partial charge in [0, 0.05) is 47.6 Å². The van der Waals surface area contributed by atoms with E-state index in [1.54, 1.807) is 0 Å². The van der Waals surface area contributed by atoms with Gasteiger partial charge in [0.05, 0.1) is 0 Å². The largest absolute Gasteiger partial charge is 0.456 e. The van der Waals surface area contributed by atoms with Gasteiger partial charge in [-0.1, -0.05) is 127 Å². The quantitative estimate of drug-likeness (QED) is 0.185. The van der Waals surface area contributed by atoms with Crippen LogP contribution in [-0.4, -0.2) is 15.0 Å². The Hall–Kier alpha value is -6.43. The normalized spacial score (nSPS) is 11.6. The molecule has 4 nitrogen and oxygen atoms in total. The fourth-order valence-electron chi connectivity index (χ4n) is 6.89. The summed E-state index contributed by atoms with van der Waals surface area (Å²) in [5.74, 6) is 1.85. The van der Waals surface area contributed by atoms with Gasteiger partial charge >= 0.3 is 0 Å². The monoisotopic (exact) mass is 657 g/mol. The van der Waals surface area contributed by atoms with Gasteiger partial charge in [-0.05, 0) is 58.7 Å². The summed E-state index contributed by atoms with van der Waals surface area (Å²) in [6.07, 6.45) is 0. The van der Waals surface area contributed by atoms with Crippen molar-refractivity contribution in [3.05, 3.63) is 164 Å². The van der Waals surface area contributed by atoms with Crippen LogP contribution in [0.2, 0.25) is 0 Å². The number of hydrogen-bond acceptors (Lipinski definition) is 5. The minimum Gasteiger partial charge on any atom is -0.456 e. The third kappa shape index (κ3) is 4.87. The molecule has 0 unspecified atom stereocenters. The minimum absolute atomic E-state index is 0.597. The van der Waals surface area contributed by atoms with Gasteiger partial charge in [0.15, 0.2) is 17.5 Å². The van der Waals surface area contributed by atoms with E-state index in [2.05, 4.69) is 127 Å². The molecular weight excluding hydrogens is 631 g/mol. The number of fused-ring (bicyclic) bond motifs is 6. The van der Waals surface area contributed by atoms with Crippen molar-refractivity contribution in [2.24, 2.45) is 0 Å². The first-order chi connectivity index (χ1) is 24.7. The van der Waals surface area contributed by atoms with Crippen LogP contribution in [0, 0.1) is 0 Å². The maximum absolute atomic E-state index is 6.46. The smallest absolute Gasteiger partial charge is 0.164 e. The third-order valence-corrected chi connectivity index (χ3v) is 10.5. The van der Waals surface area contributed by atoms with Gasteiger partial charge in [0.25, 0.3) is 0 Å². The van der Waals surface area contributed by atoms with Crippen molar-refractivity contribution in [2.45, 2.75) is 0 Å². The number of benzene rings is 7. The Morgan fingerprint density at radius 3 is 1.72 bits per heavy atom. The molecule has 0 aliphatic rings. The topological polar surface area (TPSA) is 51.8 Å². The Morgan fingerprint density at radius 1 is 0.360 bits per heavy atom. The van der Waals surface area contributed by atoms with E-state index in [0.717, 1.165) is 44.2 Å². The molecule has 10 rings (SSSR count). The number of thiophene rings is 1. The molecule has 3 heterocycles. The zero-order chi connectivity index (χ0) is 33.0. The molecular formula is C45H27N3OS. The van der Waals surface area contributed by atoms with Gasteiger partial charge in [0.2, 0.25) is 0 Å². The fraction of sp³-hybridized carbons (Fsp3) is 0. The molecule has 0 N–H and O–H groups in total. The predicted octanol–water partition coefficient (Wildman–Crippen LogP) is 12.5. The van der Waals surface area contributed by atoms with Crippen molar-refractivity contribution >= 4 is 53.4 Å². The lowest BCUT2D eigenvalue weighted by atomic mass is 9.98. The number of aromatic nitrogens is 3. The average molecular weight is 658 g/mol. The summed E-state index contributed by atoms with van der Waals surface area (Å²) in [5.41, 5.74) is 9.09. The van der Waals surface area contributed by atoms with Crippen LogP contribution in [0.25, 0.3) is 98.5 Å². The van der Waals surface area contributed by atoms with E-state index in [-0.39, 0.29) is 0 Å². The second kappa shape index (κ2) is 11.6. The number of nitrogens with zero attached hydrogens (tertiary/aromatic N) is 3. The SMILES string of the molecule is c1ccc(-c2ccc(-c3nc(-c4ccccc4)nc(-c4ccc5c(c4)oc4ccc(-c6cccc7sc8ccccc8c67)cc45)n3)cc2)cc1. The summed E-state index contributed by atoms with van der Waals surface area (Å²) in [6, 6.07) is 56.9. The lowest BCUT2D eigenvalue weighted by molar-refractivity contribution is 0.669. The molecule has 234 valence electrons. The van der Waals surface area contributed by atoms with Gasteiger partial charge in [0.1, 0.15) is 11.2 Å². The van der Waals surface area contributed by atoms with Crippen LogP contribution in [-0.2, 0) is 0 Å². The van der Waals surface area contributed by atoms with Gasteiger partial charge in [-0.25, -0.2) is 15.0 Å². The molecule has 0 aliphatic heterocycles. The molecule has 5 heteroatoms. The number of hydrogen-bond donors (Lipinski definition) is 0. The minimum atomic E-state index is 0.597. The zero-order valence-electron chi connectivity index (χ0n) is 26.7. The van der Waals surface area contributed by atoms with Crippen LogP contribution in [0.3, 0.4) is 0 Å². The molecule has 0 fully saturated rings. The van der Waals surface area contributed by atoms with Crippen molar-refractivity contribution in [2.75, 3.05) is 0 Å². The molecule has 0 atom stereocenters. The molecule has 10 aromatic rings. The van der Waals surface area contributed by atoms with E-state index in [0.29, 0.717) is 17.5 Å². The van der Waals surface area contributed by atoms with Crippen LogP contribution in [0.15, 0.2) is 168 Å². The Bertz CT molecular complexity index is 2860. The number of furan rings is 1. The Kier molecular flexibility index (Phi) is 6.64. The molecule has 7 aromatic carbocycles. The van der Waals surface area contributed by atoms with E-state index in [4.69, 9.17) is 19.4 Å². The predicted molar refractivity (Wildman–Crippen MR) is 207 cm³/mol. The molecule has 3 aromatic heterocycles. The van der Waals surface area contributed by atoms with Crippen LogP contribution < -0.4 is 0 Å². The summed E-state index contributed by atoms with van der Waals surface area (Å²) >= 11 is 1.84. The lowest BCUT2D eigenvalue weighted by Gasteiger charge is -2.09. The molecule has 0 aliphatic carbocycles. The highest BCUT2D eigenvalue weighted by atomic mass is 32.1. The highest BCUT2D eigenvalue weighted by molar-refractivity contribution is 7.25. The first-order valence-electron chi connectivity index (χ1n) is 16.6. The van der Waals surface area contributed by atoms with E-state index >= 15 is 0 Å². The van der Waals surface area contributed by atoms with Crippen molar-refractivity contribution in [3.63, 3.8) is 0 Å². The molecule has 50 heavy (non-hydrogen) atoms. The Balaban J connectivity index is 1.08. The summed E-state index contributed by atoms with van der Waals surface area (Å²) in [7, 11) is 0.